The quantitative estimate of drug-likeness (QED) is 0.799. The molecule has 1 rings (SSSR count). The third-order valence-corrected chi connectivity index (χ3v) is 2.42. The van der Waals surface area contributed by atoms with E-state index in [2.05, 4.69) is 9.88 Å². The van der Waals surface area contributed by atoms with Crippen LogP contribution in [0.3, 0.4) is 0 Å². The number of hydrogen-bond acceptors (Lipinski definition) is 4. The van der Waals surface area contributed by atoms with Crippen LogP contribution in [0.25, 0.3) is 0 Å². The lowest BCUT2D eigenvalue weighted by Gasteiger charge is -2.17. The number of ether oxygens (including phenoxy) is 1. The van der Waals surface area contributed by atoms with Gasteiger partial charge in [-0.15, -0.1) is 0 Å². The highest BCUT2D eigenvalue weighted by Crippen LogP contribution is 2.05. The van der Waals surface area contributed by atoms with E-state index in [1.54, 1.807) is 6.07 Å². The molecule has 0 aliphatic carbocycles. The van der Waals surface area contributed by atoms with Gasteiger partial charge in [0.25, 0.3) is 0 Å². The number of carbonyl (C=O) groups is 1. The van der Waals surface area contributed by atoms with E-state index < -0.39 is 5.97 Å². The highest BCUT2D eigenvalue weighted by atomic mass is 16.5. The van der Waals surface area contributed by atoms with Gasteiger partial charge in [0.2, 0.25) is 0 Å². The van der Waals surface area contributed by atoms with Crippen LogP contribution in [0.4, 0.5) is 0 Å². The minimum atomic E-state index is -0.998. The van der Waals surface area contributed by atoms with Gasteiger partial charge in [-0.2, -0.15) is 0 Å². The fourth-order valence-corrected chi connectivity index (χ4v) is 1.52. The predicted octanol–water partition coefficient (Wildman–Crippen LogP) is 1.64. The van der Waals surface area contributed by atoms with Crippen molar-refractivity contribution in [2.24, 2.45) is 0 Å². The number of carboxylic acids is 1. The lowest BCUT2D eigenvalue weighted by Crippen LogP contribution is -2.24. The zero-order valence-electron chi connectivity index (χ0n) is 11.1. The smallest absolute Gasteiger partial charge is 0.354 e. The van der Waals surface area contributed by atoms with Crippen LogP contribution in [-0.2, 0) is 11.3 Å². The molecule has 0 unspecified atom stereocenters. The minimum Gasteiger partial charge on any atom is -0.477 e. The second-order valence-corrected chi connectivity index (χ2v) is 4.51. The predicted molar refractivity (Wildman–Crippen MR) is 68.6 cm³/mol. The summed E-state index contributed by atoms with van der Waals surface area (Å²) >= 11 is 0. The summed E-state index contributed by atoms with van der Waals surface area (Å²) < 4.78 is 5.46. The molecule has 0 saturated heterocycles. The van der Waals surface area contributed by atoms with E-state index in [-0.39, 0.29) is 11.8 Å². The molecule has 0 spiro atoms. The Morgan fingerprint density at radius 3 is 2.89 bits per heavy atom. The highest BCUT2D eigenvalue weighted by molar-refractivity contribution is 5.85. The standard InChI is InChI=1S/C13H20N2O3/c1-10(2)18-7-6-15(3)9-11-4-5-14-12(8-11)13(16)17/h4-5,8,10H,6-7,9H2,1-3H3,(H,16,17). The van der Waals surface area contributed by atoms with Crippen molar-refractivity contribution in [1.82, 2.24) is 9.88 Å². The monoisotopic (exact) mass is 252 g/mol. The normalized spacial score (nSPS) is 11.2. The van der Waals surface area contributed by atoms with Crippen LogP contribution < -0.4 is 0 Å². The maximum absolute atomic E-state index is 10.8. The molecule has 0 aliphatic heterocycles. The molecular weight excluding hydrogens is 232 g/mol. The van der Waals surface area contributed by atoms with Crippen molar-refractivity contribution in [2.75, 3.05) is 20.2 Å². The molecule has 0 bridgehead atoms. The number of aromatic nitrogens is 1. The fraction of sp³-hybridized carbons (Fsp3) is 0.538. The SMILES string of the molecule is CC(C)OCCN(C)Cc1ccnc(C(=O)O)c1. The number of pyridine rings is 1. The van der Waals surface area contributed by atoms with Crippen LogP contribution in [0.2, 0.25) is 0 Å². The first-order chi connectivity index (χ1) is 8.49. The Bertz CT molecular complexity index is 394. The number of likely N-dealkylation sites (N-methyl/N-ethyl adjacent to an activating group) is 1. The molecule has 1 heterocycles. The molecule has 1 aromatic heterocycles. The Balaban J connectivity index is 2.46. The Kier molecular flexibility index (Phi) is 5.74. The van der Waals surface area contributed by atoms with Crippen molar-refractivity contribution in [2.45, 2.75) is 26.5 Å². The van der Waals surface area contributed by atoms with Crippen molar-refractivity contribution in [3.63, 3.8) is 0 Å². The van der Waals surface area contributed by atoms with Crippen LogP contribution in [-0.4, -0.2) is 47.3 Å². The topological polar surface area (TPSA) is 62.7 Å². The molecule has 0 saturated carbocycles. The van der Waals surface area contributed by atoms with Crippen molar-refractivity contribution in [3.05, 3.63) is 29.6 Å². The summed E-state index contributed by atoms with van der Waals surface area (Å²) in [5, 5.41) is 8.85. The Morgan fingerprint density at radius 1 is 1.56 bits per heavy atom. The lowest BCUT2D eigenvalue weighted by atomic mass is 10.2. The van der Waals surface area contributed by atoms with Gasteiger partial charge in [-0.3, -0.25) is 4.90 Å². The van der Waals surface area contributed by atoms with Gasteiger partial charge in [-0.25, -0.2) is 9.78 Å². The molecule has 1 aromatic rings. The Labute approximate surface area is 107 Å². The van der Waals surface area contributed by atoms with Gasteiger partial charge in [0.1, 0.15) is 5.69 Å². The van der Waals surface area contributed by atoms with Crippen LogP contribution in [0.15, 0.2) is 18.3 Å². The van der Waals surface area contributed by atoms with Crippen molar-refractivity contribution < 1.29 is 14.6 Å². The molecule has 0 fully saturated rings. The molecule has 1 N–H and O–H groups in total. The average molecular weight is 252 g/mol. The summed E-state index contributed by atoms with van der Waals surface area (Å²) in [5.74, 6) is -0.998. The molecule has 0 radical (unpaired) electrons. The minimum absolute atomic E-state index is 0.0827. The maximum atomic E-state index is 10.8. The number of aromatic carboxylic acids is 1. The van der Waals surface area contributed by atoms with Gasteiger partial charge in [0, 0.05) is 19.3 Å². The van der Waals surface area contributed by atoms with Crippen LogP contribution in [0.5, 0.6) is 0 Å². The van der Waals surface area contributed by atoms with Crippen molar-refractivity contribution in [3.8, 4) is 0 Å². The summed E-state index contributed by atoms with van der Waals surface area (Å²) in [6.07, 6.45) is 1.76. The largest absolute Gasteiger partial charge is 0.477 e. The van der Waals surface area contributed by atoms with Gasteiger partial charge in [-0.1, -0.05) is 0 Å². The fourth-order valence-electron chi connectivity index (χ4n) is 1.52. The first kappa shape index (κ1) is 14.6. The van der Waals surface area contributed by atoms with Gasteiger partial charge < -0.3 is 9.84 Å². The van der Waals surface area contributed by atoms with E-state index in [9.17, 15) is 4.79 Å². The first-order valence-electron chi connectivity index (χ1n) is 5.97. The van der Waals surface area contributed by atoms with E-state index in [0.29, 0.717) is 13.2 Å². The number of nitrogens with zero attached hydrogens (tertiary/aromatic N) is 2. The molecule has 0 amide bonds. The molecule has 5 heteroatoms. The number of rotatable bonds is 7. The van der Waals surface area contributed by atoms with E-state index >= 15 is 0 Å². The Morgan fingerprint density at radius 2 is 2.28 bits per heavy atom. The van der Waals surface area contributed by atoms with Gasteiger partial charge in [0.15, 0.2) is 0 Å². The summed E-state index contributed by atoms with van der Waals surface area (Å²) in [5.41, 5.74) is 1.02. The van der Waals surface area contributed by atoms with E-state index in [0.717, 1.165) is 12.1 Å². The second kappa shape index (κ2) is 7.08. The van der Waals surface area contributed by atoms with Crippen LogP contribution >= 0.6 is 0 Å². The molecule has 5 nitrogen and oxygen atoms in total. The summed E-state index contributed by atoms with van der Waals surface area (Å²) in [6, 6.07) is 3.42. The Hall–Kier alpha value is -1.46. The molecule has 0 aliphatic rings. The van der Waals surface area contributed by atoms with E-state index in [1.165, 1.54) is 6.20 Å². The third-order valence-electron chi connectivity index (χ3n) is 2.42. The van der Waals surface area contributed by atoms with Crippen LogP contribution in [0.1, 0.15) is 29.9 Å². The zero-order valence-corrected chi connectivity index (χ0v) is 11.1. The molecule has 18 heavy (non-hydrogen) atoms. The second-order valence-electron chi connectivity index (χ2n) is 4.51. The van der Waals surface area contributed by atoms with Crippen LogP contribution in [0, 0.1) is 0 Å². The summed E-state index contributed by atoms with van der Waals surface area (Å²) in [6.45, 7) is 6.17. The third kappa shape index (κ3) is 5.25. The van der Waals surface area contributed by atoms with Gasteiger partial charge >= 0.3 is 5.97 Å². The van der Waals surface area contributed by atoms with Gasteiger partial charge in [-0.05, 0) is 38.6 Å². The maximum Gasteiger partial charge on any atom is 0.354 e. The molecular formula is C13H20N2O3. The molecule has 0 aromatic carbocycles. The van der Waals surface area contributed by atoms with Crippen molar-refractivity contribution >= 4 is 5.97 Å². The zero-order chi connectivity index (χ0) is 13.5. The summed E-state index contributed by atoms with van der Waals surface area (Å²) in [4.78, 5) is 16.7. The number of hydrogen-bond donors (Lipinski definition) is 1. The van der Waals surface area contributed by atoms with E-state index in [4.69, 9.17) is 9.84 Å². The molecule has 0 atom stereocenters. The average Bonchev–Trinajstić information content (AvgIpc) is 2.28. The van der Waals surface area contributed by atoms with Gasteiger partial charge in [0.05, 0.1) is 12.7 Å². The first-order valence-corrected chi connectivity index (χ1v) is 5.97. The molecule has 100 valence electrons. The lowest BCUT2D eigenvalue weighted by molar-refractivity contribution is 0.0625. The number of carboxylic acid groups (broad SMARTS) is 1. The highest BCUT2D eigenvalue weighted by Gasteiger charge is 2.06. The van der Waals surface area contributed by atoms with E-state index in [1.807, 2.05) is 27.0 Å². The van der Waals surface area contributed by atoms with Crippen molar-refractivity contribution in [1.29, 1.82) is 0 Å². The summed E-state index contributed by atoms with van der Waals surface area (Å²) in [7, 11) is 1.98.